The summed E-state index contributed by atoms with van der Waals surface area (Å²) in [7, 11) is 0. The van der Waals surface area contributed by atoms with Gasteiger partial charge in [-0.05, 0) is 57.8 Å². The Morgan fingerprint density at radius 2 is 2.17 bits per heavy atom. The monoisotopic (exact) mass is 322 g/mol. The first-order chi connectivity index (χ1) is 8.84. The molecule has 1 nitrogen and oxygen atoms in total. The van der Waals surface area contributed by atoms with E-state index in [2.05, 4.69) is 51.6 Å². The van der Waals surface area contributed by atoms with E-state index >= 15 is 0 Å². The third-order valence-corrected chi connectivity index (χ3v) is 5.32. The maximum Gasteiger partial charge on any atom is 0.0832 e. The van der Waals surface area contributed by atoms with Crippen LogP contribution in [0.4, 0.5) is 0 Å². The molecule has 2 aromatic rings. The second kappa shape index (κ2) is 5.55. The Kier molecular flexibility index (Phi) is 3.83. The van der Waals surface area contributed by atoms with Gasteiger partial charge >= 0.3 is 0 Å². The number of fused-ring (bicyclic) bond motifs is 1. The molecule has 3 heteroatoms. The molecular weight excluding hydrogens is 308 g/mol. The van der Waals surface area contributed by atoms with E-state index < -0.39 is 0 Å². The van der Waals surface area contributed by atoms with Crippen LogP contribution in [0.5, 0.6) is 0 Å². The molecule has 3 rings (SSSR count). The first kappa shape index (κ1) is 12.4. The van der Waals surface area contributed by atoms with Gasteiger partial charge in [-0.1, -0.05) is 24.3 Å². The summed E-state index contributed by atoms with van der Waals surface area (Å²) in [5, 5.41) is 2.09. The number of thiophene rings is 1. The minimum atomic E-state index is 0.268. The van der Waals surface area contributed by atoms with Crippen molar-refractivity contribution in [1.82, 2.24) is 0 Å². The SMILES string of the molecule is Brc1ccsc1COC1CCCc2ccccc21. The van der Waals surface area contributed by atoms with Crippen LogP contribution in [0.2, 0.25) is 0 Å². The molecule has 0 bridgehead atoms. The summed E-state index contributed by atoms with van der Waals surface area (Å²) < 4.78 is 7.28. The molecule has 0 amide bonds. The van der Waals surface area contributed by atoms with Gasteiger partial charge in [0.2, 0.25) is 0 Å². The molecule has 0 N–H and O–H groups in total. The van der Waals surface area contributed by atoms with Crippen molar-refractivity contribution in [1.29, 1.82) is 0 Å². The summed E-state index contributed by atoms with van der Waals surface area (Å²) >= 11 is 5.30. The standard InChI is InChI=1S/C15H15BrOS/c16-13-8-9-18-15(13)10-17-14-7-3-5-11-4-1-2-6-12(11)14/h1-2,4,6,8-9,14H,3,5,7,10H2. The molecule has 1 aromatic carbocycles. The molecule has 0 radical (unpaired) electrons. The molecule has 1 aliphatic carbocycles. The number of ether oxygens (including phenoxy) is 1. The van der Waals surface area contributed by atoms with Gasteiger partial charge in [0.15, 0.2) is 0 Å². The van der Waals surface area contributed by atoms with E-state index in [9.17, 15) is 0 Å². The van der Waals surface area contributed by atoms with Crippen molar-refractivity contribution in [2.24, 2.45) is 0 Å². The van der Waals surface area contributed by atoms with E-state index in [1.54, 1.807) is 11.3 Å². The highest BCUT2D eigenvalue weighted by Crippen LogP contribution is 2.34. The summed E-state index contributed by atoms with van der Waals surface area (Å²) in [5.74, 6) is 0. The van der Waals surface area contributed by atoms with Gasteiger partial charge in [-0.3, -0.25) is 0 Å². The normalized spacial score (nSPS) is 18.6. The first-order valence-corrected chi connectivity index (χ1v) is 7.93. The average molecular weight is 323 g/mol. The van der Waals surface area contributed by atoms with E-state index in [0.717, 1.165) is 10.9 Å². The van der Waals surface area contributed by atoms with E-state index in [0.29, 0.717) is 6.61 Å². The zero-order valence-electron chi connectivity index (χ0n) is 10.1. The van der Waals surface area contributed by atoms with Crippen molar-refractivity contribution in [2.45, 2.75) is 32.0 Å². The Morgan fingerprint density at radius 3 is 3.00 bits per heavy atom. The molecule has 0 fully saturated rings. The van der Waals surface area contributed by atoms with E-state index in [4.69, 9.17) is 4.74 Å². The second-order valence-electron chi connectivity index (χ2n) is 4.58. The third-order valence-electron chi connectivity index (χ3n) is 3.42. The first-order valence-electron chi connectivity index (χ1n) is 6.26. The van der Waals surface area contributed by atoms with E-state index in [-0.39, 0.29) is 6.10 Å². The van der Waals surface area contributed by atoms with Crippen LogP contribution in [0, 0.1) is 0 Å². The zero-order chi connectivity index (χ0) is 12.4. The number of halogens is 1. The van der Waals surface area contributed by atoms with Crippen molar-refractivity contribution in [3.63, 3.8) is 0 Å². The van der Waals surface area contributed by atoms with Crippen molar-refractivity contribution in [3.8, 4) is 0 Å². The van der Waals surface area contributed by atoms with Gasteiger partial charge in [0, 0.05) is 9.35 Å². The largest absolute Gasteiger partial charge is 0.368 e. The van der Waals surface area contributed by atoms with Gasteiger partial charge in [0.1, 0.15) is 0 Å². The van der Waals surface area contributed by atoms with Gasteiger partial charge in [-0.25, -0.2) is 0 Å². The van der Waals surface area contributed by atoms with Crippen molar-refractivity contribution in [2.75, 3.05) is 0 Å². The van der Waals surface area contributed by atoms with Gasteiger partial charge in [-0.2, -0.15) is 0 Å². The fourth-order valence-corrected chi connectivity index (χ4v) is 3.87. The molecule has 1 unspecified atom stereocenters. The minimum absolute atomic E-state index is 0.268. The number of benzene rings is 1. The van der Waals surface area contributed by atoms with Gasteiger partial charge in [-0.15, -0.1) is 11.3 Å². The zero-order valence-corrected chi connectivity index (χ0v) is 12.5. The molecule has 0 aliphatic heterocycles. The lowest BCUT2D eigenvalue weighted by atomic mass is 9.89. The molecule has 18 heavy (non-hydrogen) atoms. The predicted octanol–water partition coefficient (Wildman–Crippen LogP) is 5.10. The molecular formula is C15H15BrOS. The van der Waals surface area contributed by atoms with Crippen molar-refractivity contribution >= 4 is 27.3 Å². The highest BCUT2D eigenvalue weighted by Gasteiger charge is 2.20. The number of hydrogen-bond donors (Lipinski definition) is 0. The van der Waals surface area contributed by atoms with Crippen LogP contribution in [0.15, 0.2) is 40.2 Å². The maximum absolute atomic E-state index is 6.12. The van der Waals surface area contributed by atoms with E-state index in [1.807, 2.05) is 0 Å². The fraction of sp³-hybridized carbons (Fsp3) is 0.333. The van der Waals surface area contributed by atoms with Gasteiger partial charge in [0.25, 0.3) is 0 Å². The van der Waals surface area contributed by atoms with E-state index in [1.165, 1.54) is 28.8 Å². The molecule has 0 saturated heterocycles. The fourth-order valence-electron chi connectivity index (χ4n) is 2.49. The summed E-state index contributed by atoms with van der Waals surface area (Å²) in [6.07, 6.45) is 3.83. The Bertz CT molecular complexity index is 535. The quantitative estimate of drug-likeness (QED) is 0.763. The Morgan fingerprint density at radius 1 is 1.28 bits per heavy atom. The van der Waals surface area contributed by atoms with Crippen LogP contribution in [0.25, 0.3) is 0 Å². The smallest absolute Gasteiger partial charge is 0.0832 e. The van der Waals surface area contributed by atoms with Crippen LogP contribution >= 0.6 is 27.3 Å². The molecule has 1 atom stereocenters. The highest BCUT2D eigenvalue weighted by atomic mass is 79.9. The highest BCUT2D eigenvalue weighted by molar-refractivity contribution is 9.10. The Labute approximate surface area is 120 Å². The van der Waals surface area contributed by atoms with Gasteiger partial charge < -0.3 is 4.74 Å². The minimum Gasteiger partial charge on any atom is -0.368 e. The summed E-state index contributed by atoms with van der Waals surface area (Å²) in [6, 6.07) is 10.8. The van der Waals surface area contributed by atoms with Crippen LogP contribution < -0.4 is 0 Å². The van der Waals surface area contributed by atoms with Crippen LogP contribution in [-0.2, 0) is 17.8 Å². The van der Waals surface area contributed by atoms with Crippen LogP contribution in [0.3, 0.4) is 0 Å². The van der Waals surface area contributed by atoms with Crippen LogP contribution in [0.1, 0.15) is 34.9 Å². The molecule has 1 aromatic heterocycles. The van der Waals surface area contributed by atoms with Crippen molar-refractivity contribution < 1.29 is 4.74 Å². The third kappa shape index (κ3) is 2.53. The lowest BCUT2D eigenvalue weighted by Gasteiger charge is -2.25. The topological polar surface area (TPSA) is 9.23 Å². The average Bonchev–Trinajstić information content (AvgIpc) is 2.82. The van der Waals surface area contributed by atoms with Crippen molar-refractivity contribution in [3.05, 3.63) is 56.2 Å². The lowest BCUT2D eigenvalue weighted by Crippen LogP contribution is -2.12. The molecule has 0 saturated carbocycles. The van der Waals surface area contributed by atoms with Crippen LogP contribution in [-0.4, -0.2) is 0 Å². The Balaban J connectivity index is 1.73. The second-order valence-corrected chi connectivity index (χ2v) is 6.44. The molecule has 1 heterocycles. The molecule has 94 valence electrons. The molecule has 0 spiro atoms. The maximum atomic E-state index is 6.12. The summed E-state index contributed by atoms with van der Waals surface area (Å²) in [4.78, 5) is 1.28. The summed E-state index contributed by atoms with van der Waals surface area (Å²) in [6.45, 7) is 0.706. The van der Waals surface area contributed by atoms with Gasteiger partial charge in [0.05, 0.1) is 12.7 Å². The molecule has 1 aliphatic rings. The number of hydrogen-bond acceptors (Lipinski definition) is 2. The number of rotatable bonds is 3. The summed E-state index contributed by atoms with van der Waals surface area (Å²) in [5.41, 5.74) is 2.84. The number of aryl methyl sites for hydroxylation is 1. The Hall–Kier alpha value is -0.640. The predicted molar refractivity (Wildman–Crippen MR) is 78.9 cm³/mol. The lowest BCUT2D eigenvalue weighted by molar-refractivity contribution is 0.0295.